The third kappa shape index (κ3) is 9.16. The number of aliphatic carboxylic acids is 1. The normalized spacial score (nSPS) is 15.5. The number of nitrogens with one attached hydrogen (secondary N) is 3. The number of thiol groups is 2. The Balaban J connectivity index is 5.19. The summed E-state index contributed by atoms with van der Waals surface area (Å²) in [6, 6.07) is -3.90. The van der Waals surface area contributed by atoms with Gasteiger partial charge in [-0.15, -0.1) is 0 Å². The third-order valence-electron chi connectivity index (χ3n) is 3.92. The van der Waals surface area contributed by atoms with E-state index in [1.165, 1.54) is 0 Å². The van der Waals surface area contributed by atoms with Gasteiger partial charge in [0.15, 0.2) is 0 Å². The van der Waals surface area contributed by atoms with Crippen molar-refractivity contribution in [2.24, 2.45) is 17.6 Å². The summed E-state index contributed by atoms with van der Waals surface area (Å²) in [6.45, 7) is 7.08. The minimum absolute atomic E-state index is 0.0412. The average molecular weight is 437 g/mol. The van der Waals surface area contributed by atoms with Gasteiger partial charge in [-0.1, -0.05) is 27.7 Å². The predicted octanol–water partition coefficient (Wildman–Crippen LogP) is -0.586. The van der Waals surface area contributed by atoms with Crippen molar-refractivity contribution in [2.45, 2.75) is 58.3 Å². The summed E-state index contributed by atoms with van der Waals surface area (Å²) >= 11 is 8.03. The highest BCUT2D eigenvalue weighted by atomic mass is 32.1. The van der Waals surface area contributed by atoms with Gasteiger partial charge in [-0.3, -0.25) is 14.4 Å². The quantitative estimate of drug-likeness (QED) is 0.203. The van der Waals surface area contributed by atoms with E-state index in [4.69, 9.17) is 5.73 Å². The Morgan fingerprint density at radius 1 is 0.857 bits per heavy atom. The zero-order valence-corrected chi connectivity index (χ0v) is 18.4. The van der Waals surface area contributed by atoms with E-state index in [1.807, 2.05) is 13.8 Å². The molecule has 0 radical (unpaired) electrons. The van der Waals surface area contributed by atoms with Crippen molar-refractivity contribution < 1.29 is 24.3 Å². The smallest absolute Gasteiger partial charge is 0.326 e. The van der Waals surface area contributed by atoms with E-state index in [1.54, 1.807) is 13.8 Å². The van der Waals surface area contributed by atoms with Crippen LogP contribution in [0.5, 0.6) is 0 Å². The van der Waals surface area contributed by atoms with Gasteiger partial charge < -0.3 is 26.8 Å². The number of hydrogen-bond donors (Lipinski definition) is 7. The Labute approximate surface area is 176 Å². The Morgan fingerprint density at radius 3 is 1.75 bits per heavy atom. The summed E-state index contributed by atoms with van der Waals surface area (Å²) in [5.41, 5.74) is 5.63. The summed E-state index contributed by atoms with van der Waals surface area (Å²) in [4.78, 5) is 48.3. The van der Waals surface area contributed by atoms with Crippen LogP contribution in [-0.2, 0) is 19.2 Å². The lowest BCUT2D eigenvalue weighted by Crippen LogP contribution is -2.58. The molecule has 0 aliphatic carbocycles. The monoisotopic (exact) mass is 436 g/mol. The van der Waals surface area contributed by atoms with E-state index in [9.17, 15) is 24.3 Å². The largest absolute Gasteiger partial charge is 0.480 e. The number of carboxylic acid groups (broad SMARTS) is 1. The van der Waals surface area contributed by atoms with Gasteiger partial charge >= 0.3 is 5.97 Å². The Morgan fingerprint density at radius 2 is 1.36 bits per heavy atom. The van der Waals surface area contributed by atoms with Crippen molar-refractivity contribution in [3.05, 3.63) is 0 Å². The first-order valence-electron chi connectivity index (χ1n) is 9.05. The number of amides is 3. The highest BCUT2D eigenvalue weighted by Gasteiger charge is 2.30. The second-order valence-electron chi connectivity index (χ2n) is 7.29. The van der Waals surface area contributed by atoms with Gasteiger partial charge in [0.1, 0.15) is 18.1 Å². The molecule has 0 saturated carbocycles. The molecule has 0 bridgehead atoms. The molecule has 0 heterocycles. The van der Waals surface area contributed by atoms with Crippen LogP contribution >= 0.6 is 25.3 Å². The predicted molar refractivity (Wildman–Crippen MR) is 113 cm³/mol. The molecular weight excluding hydrogens is 404 g/mol. The Kier molecular flexibility index (Phi) is 12.2. The third-order valence-corrected chi connectivity index (χ3v) is 4.68. The first-order valence-corrected chi connectivity index (χ1v) is 10.3. The van der Waals surface area contributed by atoms with Gasteiger partial charge in [-0.25, -0.2) is 4.79 Å². The summed E-state index contributed by atoms with van der Waals surface area (Å²) in [7, 11) is 0. The van der Waals surface area contributed by atoms with Gasteiger partial charge in [0.25, 0.3) is 0 Å². The molecule has 9 nitrogen and oxygen atoms in total. The lowest BCUT2D eigenvalue weighted by molar-refractivity contribution is -0.143. The van der Waals surface area contributed by atoms with E-state index in [0.717, 1.165) is 0 Å². The number of carbonyl (C=O) groups is 4. The first kappa shape index (κ1) is 26.5. The highest BCUT2D eigenvalue weighted by molar-refractivity contribution is 7.80. The minimum atomic E-state index is -1.17. The maximum Gasteiger partial charge on any atom is 0.326 e. The summed E-state index contributed by atoms with van der Waals surface area (Å²) in [6.07, 6.45) is 0.335. The van der Waals surface area contributed by atoms with Crippen LogP contribution in [0.2, 0.25) is 0 Å². The molecule has 28 heavy (non-hydrogen) atoms. The van der Waals surface area contributed by atoms with Crippen LogP contribution < -0.4 is 21.7 Å². The standard InChI is InChI=1S/C17H32N4O5S2/c1-8(2)5-11(19-14(22)10(18)6-27)15(23)20-12(7-28)16(24)21-13(9(3)4)17(25)26/h8-13,27-28H,5-7,18H2,1-4H3,(H,19,22)(H,20,23)(H,21,24)(H,25,26)/t10-,11-,12-,13-/m0/s1. The maximum absolute atomic E-state index is 12.6. The molecule has 0 aliphatic heterocycles. The topological polar surface area (TPSA) is 151 Å². The molecule has 11 heteroatoms. The fraction of sp³-hybridized carbons (Fsp3) is 0.765. The van der Waals surface area contributed by atoms with Crippen LogP contribution in [0, 0.1) is 11.8 Å². The van der Waals surface area contributed by atoms with Gasteiger partial charge in [0.2, 0.25) is 17.7 Å². The number of hydrogen-bond acceptors (Lipinski definition) is 7. The number of nitrogens with two attached hydrogens (primary N) is 1. The van der Waals surface area contributed by atoms with Crippen molar-refractivity contribution in [1.82, 2.24) is 16.0 Å². The van der Waals surface area contributed by atoms with Crippen molar-refractivity contribution >= 4 is 48.9 Å². The van der Waals surface area contributed by atoms with Crippen molar-refractivity contribution in [1.29, 1.82) is 0 Å². The molecule has 0 fully saturated rings. The summed E-state index contributed by atoms with van der Waals surface area (Å²) < 4.78 is 0. The van der Waals surface area contributed by atoms with E-state index in [0.29, 0.717) is 6.42 Å². The van der Waals surface area contributed by atoms with Crippen LogP contribution in [-0.4, -0.2) is 64.5 Å². The van der Waals surface area contributed by atoms with E-state index in [2.05, 4.69) is 41.2 Å². The number of carboxylic acids is 1. The molecule has 0 saturated heterocycles. The number of carbonyl (C=O) groups excluding carboxylic acids is 3. The first-order chi connectivity index (χ1) is 12.9. The van der Waals surface area contributed by atoms with E-state index >= 15 is 0 Å². The molecule has 0 unspecified atom stereocenters. The fourth-order valence-corrected chi connectivity index (χ4v) is 2.72. The molecular formula is C17H32N4O5S2. The molecule has 162 valence electrons. The fourth-order valence-electron chi connectivity index (χ4n) is 2.30. The van der Waals surface area contributed by atoms with Gasteiger partial charge in [-0.05, 0) is 18.3 Å². The SMILES string of the molecule is CC(C)C[C@H](NC(=O)[C@@H](N)CS)C(=O)N[C@@H](CS)C(=O)N[C@H](C(=O)O)C(C)C. The van der Waals surface area contributed by atoms with E-state index in [-0.39, 0.29) is 23.3 Å². The van der Waals surface area contributed by atoms with Crippen molar-refractivity contribution in [2.75, 3.05) is 11.5 Å². The van der Waals surface area contributed by atoms with Gasteiger partial charge in [-0.2, -0.15) is 25.3 Å². The van der Waals surface area contributed by atoms with Crippen molar-refractivity contribution in [3.8, 4) is 0 Å². The van der Waals surface area contributed by atoms with Crippen LogP contribution in [0.15, 0.2) is 0 Å². The molecule has 0 aromatic heterocycles. The highest BCUT2D eigenvalue weighted by Crippen LogP contribution is 2.07. The van der Waals surface area contributed by atoms with Crippen LogP contribution in [0.4, 0.5) is 0 Å². The van der Waals surface area contributed by atoms with Crippen LogP contribution in [0.3, 0.4) is 0 Å². The molecule has 0 rings (SSSR count). The van der Waals surface area contributed by atoms with Crippen LogP contribution in [0.1, 0.15) is 34.1 Å². The number of rotatable bonds is 12. The zero-order chi connectivity index (χ0) is 22.0. The molecule has 3 amide bonds. The minimum Gasteiger partial charge on any atom is -0.480 e. The molecule has 4 atom stereocenters. The summed E-state index contributed by atoms with van der Waals surface area (Å²) in [5, 5.41) is 16.7. The Bertz CT molecular complexity index is 560. The lowest BCUT2D eigenvalue weighted by atomic mass is 10.0. The van der Waals surface area contributed by atoms with Crippen molar-refractivity contribution in [3.63, 3.8) is 0 Å². The van der Waals surface area contributed by atoms with E-state index < -0.39 is 47.9 Å². The lowest BCUT2D eigenvalue weighted by Gasteiger charge is -2.25. The zero-order valence-electron chi connectivity index (χ0n) is 16.6. The molecule has 0 aliphatic rings. The molecule has 6 N–H and O–H groups in total. The summed E-state index contributed by atoms with van der Waals surface area (Å²) in [5.74, 6) is -3.09. The second kappa shape index (κ2) is 12.9. The molecule has 0 spiro atoms. The van der Waals surface area contributed by atoms with Gasteiger partial charge in [0, 0.05) is 11.5 Å². The van der Waals surface area contributed by atoms with Gasteiger partial charge in [0.05, 0.1) is 6.04 Å². The van der Waals surface area contributed by atoms with Crippen LogP contribution in [0.25, 0.3) is 0 Å². The maximum atomic E-state index is 12.6. The molecule has 0 aromatic carbocycles. The molecule has 0 aromatic rings. The Hall–Kier alpha value is -1.46. The second-order valence-corrected chi connectivity index (χ2v) is 8.02. The average Bonchev–Trinajstić information content (AvgIpc) is 2.61.